The SMILES string of the molecule is Cc1cc(OC2CN(S(=O)(=O)c3ccc(C#N)cc3)C2)cc(=O)n1C1CC1. The van der Waals surface area contributed by atoms with Gasteiger partial charge >= 0.3 is 0 Å². The first-order valence-corrected chi connectivity index (χ1v) is 10.2. The highest BCUT2D eigenvalue weighted by Crippen LogP contribution is 2.35. The van der Waals surface area contributed by atoms with E-state index in [0.29, 0.717) is 17.4 Å². The van der Waals surface area contributed by atoms with Gasteiger partial charge in [-0.05, 0) is 50.1 Å². The third kappa shape index (κ3) is 3.36. The lowest BCUT2D eigenvalue weighted by Crippen LogP contribution is -2.56. The van der Waals surface area contributed by atoms with Gasteiger partial charge in [0.1, 0.15) is 11.9 Å². The monoisotopic (exact) mass is 385 g/mol. The van der Waals surface area contributed by atoms with E-state index < -0.39 is 10.0 Å². The van der Waals surface area contributed by atoms with Crippen molar-refractivity contribution in [3.63, 3.8) is 0 Å². The molecule has 0 radical (unpaired) electrons. The van der Waals surface area contributed by atoms with Crippen LogP contribution in [-0.4, -0.2) is 36.5 Å². The molecule has 8 heteroatoms. The van der Waals surface area contributed by atoms with E-state index in [1.807, 2.05) is 19.1 Å². The van der Waals surface area contributed by atoms with Gasteiger partial charge in [-0.2, -0.15) is 9.57 Å². The summed E-state index contributed by atoms with van der Waals surface area (Å²) in [6.45, 7) is 2.34. The number of hydrogen-bond acceptors (Lipinski definition) is 5. The molecular weight excluding hydrogens is 366 g/mol. The lowest BCUT2D eigenvalue weighted by Gasteiger charge is -2.37. The van der Waals surface area contributed by atoms with Gasteiger partial charge in [-0.3, -0.25) is 4.79 Å². The molecule has 0 unspecified atom stereocenters. The summed E-state index contributed by atoms with van der Waals surface area (Å²) in [5, 5.41) is 8.81. The van der Waals surface area contributed by atoms with E-state index in [0.717, 1.165) is 18.5 Å². The van der Waals surface area contributed by atoms with Crippen molar-refractivity contribution in [2.24, 2.45) is 0 Å². The summed E-state index contributed by atoms with van der Waals surface area (Å²) >= 11 is 0. The predicted octanol–water partition coefficient (Wildman–Crippen LogP) is 1.82. The first kappa shape index (κ1) is 17.8. The summed E-state index contributed by atoms with van der Waals surface area (Å²) < 4.78 is 34.1. The Bertz CT molecular complexity index is 1070. The second kappa shape index (κ2) is 6.51. The first-order valence-electron chi connectivity index (χ1n) is 8.78. The molecule has 4 rings (SSSR count). The molecule has 0 spiro atoms. The third-order valence-electron chi connectivity index (χ3n) is 4.88. The van der Waals surface area contributed by atoms with Crippen molar-refractivity contribution in [3.8, 4) is 11.8 Å². The smallest absolute Gasteiger partial charge is 0.254 e. The molecule has 2 aromatic rings. The van der Waals surface area contributed by atoms with Crippen LogP contribution in [0.3, 0.4) is 0 Å². The van der Waals surface area contributed by atoms with Crippen molar-refractivity contribution < 1.29 is 13.2 Å². The van der Waals surface area contributed by atoms with E-state index in [-0.39, 0.29) is 29.6 Å². The van der Waals surface area contributed by atoms with E-state index in [1.165, 1.54) is 34.6 Å². The molecule has 0 N–H and O–H groups in total. The second-order valence-electron chi connectivity index (χ2n) is 6.97. The normalized spacial score (nSPS) is 17.9. The standard InChI is InChI=1S/C19H19N3O4S/c1-13-8-16(9-19(23)22(13)15-4-5-15)26-17-11-21(12-17)27(24,25)18-6-2-14(10-20)3-7-18/h2-3,6-9,15,17H,4-5,11-12H2,1H3. The maximum Gasteiger partial charge on any atom is 0.254 e. The second-order valence-corrected chi connectivity index (χ2v) is 8.91. The Morgan fingerprint density at radius 1 is 1.15 bits per heavy atom. The number of pyridine rings is 1. The molecule has 140 valence electrons. The summed E-state index contributed by atoms with van der Waals surface area (Å²) in [4.78, 5) is 12.4. The van der Waals surface area contributed by atoms with Crippen molar-refractivity contribution in [1.82, 2.24) is 8.87 Å². The number of ether oxygens (including phenoxy) is 1. The fourth-order valence-electron chi connectivity index (χ4n) is 3.27. The maximum absolute atomic E-state index is 12.6. The fraction of sp³-hybridized carbons (Fsp3) is 0.368. The maximum atomic E-state index is 12.6. The molecule has 2 aliphatic rings. The van der Waals surface area contributed by atoms with Crippen LogP contribution in [0.25, 0.3) is 0 Å². The van der Waals surface area contributed by atoms with Gasteiger partial charge in [0.2, 0.25) is 10.0 Å². The molecule has 1 saturated heterocycles. The predicted molar refractivity (Wildman–Crippen MR) is 98.0 cm³/mol. The number of aryl methyl sites for hydroxylation is 1. The largest absolute Gasteiger partial charge is 0.487 e. The molecule has 1 aromatic carbocycles. The number of aromatic nitrogens is 1. The van der Waals surface area contributed by atoms with Crippen LogP contribution in [-0.2, 0) is 10.0 Å². The highest BCUT2D eigenvalue weighted by Gasteiger charge is 2.38. The summed E-state index contributed by atoms with van der Waals surface area (Å²) in [6, 6.07) is 11.4. The molecule has 27 heavy (non-hydrogen) atoms. The Labute approximate surface area is 157 Å². The molecule has 2 fully saturated rings. The van der Waals surface area contributed by atoms with Gasteiger partial charge in [0.05, 0.1) is 29.6 Å². The van der Waals surface area contributed by atoms with E-state index in [4.69, 9.17) is 10.00 Å². The van der Waals surface area contributed by atoms with Crippen LogP contribution in [0.5, 0.6) is 5.75 Å². The van der Waals surface area contributed by atoms with Crippen LogP contribution in [0.4, 0.5) is 0 Å². The molecule has 7 nitrogen and oxygen atoms in total. The van der Waals surface area contributed by atoms with E-state index in [2.05, 4.69) is 0 Å². The molecule has 2 heterocycles. The Hall–Kier alpha value is -2.63. The van der Waals surface area contributed by atoms with Crippen molar-refractivity contribution in [2.45, 2.75) is 36.8 Å². The highest BCUT2D eigenvalue weighted by molar-refractivity contribution is 7.89. The number of rotatable bonds is 5. The van der Waals surface area contributed by atoms with Gasteiger partial charge in [-0.15, -0.1) is 0 Å². The number of hydrogen-bond donors (Lipinski definition) is 0. The number of nitrogens with zero attached hydrogens (tertiary/aromatic N) is 3. The topological polar surface area (TPSA) is 92.4 Å². The van der Waals surface area contributed by atoms with Crippen LogP contribution in [0.15, 0.2) is 46.1 Å². The van der Waals surface area contributed by atoms with Crippen molar-refractivity contribution in [1.29, 1.82) is 5.26 Å². The molecular formula is C19H19N3O4S. The Balaban J connectivity index is 1.42. The van der Waals surface area contributed by atoms with Crippen molar-refractivity contribution >= 4 is 10.0 Å². The Kier molecular flexibility index (Phi) is 4.29. The summed E-state index contributed by atoms with van der Waals surface area (Å²) in [5.74, 6) is 0.481. The fourth-order valence-corrected chi connectivity index (χ4v) is 4.77. The van der Waals surface area contributed by atoms with Crippen LogP contribution in [0, 0.1) is 18.3 Å². The average Bonchev–Trinajstić information content (AvgIpc) is 3.42. The first-order chi connectivity index (χ1) is 12.9. The van der Waals surface area contributed by atoms with Gasteiger partial charge in [0.25, 0.3) is 5.56 Å². The van der Waals surface area contributed by atoms with E-state index in [1.54, 1.807) is 4.57 Å². The van der Waals surface area contributed by atoms with Crippen LogP contribution < -0.4 is 10.3 Å². The lowest BCUT2D eigenvalue weighted by atomic mass is 10.2. The zero-order chi connectivity index (χ0) is 19.2. The minimum absolute atomic E-state index is 0.0751. The number of benzene rings is 1. The third-order valence-corrected chi connectivity index (χ3v) is 6.73. The van der Waals surface area contributed by atoms with Crippen molar-refractivity contribution in [2.75, 3.05) is 13.1 Å². The summed E-state index contributed by atoms with van der Waals surface area (Å²) in [6.07, 6.45) is 1.78. The van der Waals surface area contributed by atoms with Gasteiger partial charge in [0.15, 0.2) is 0 Å². The quantitative estimate of drug-likeness (QED) is 0.783. The van der Waals surface area contributed by atoms with Crippen LogP contribution in [0.2, 0.25) is 0 Å². The lowest BCUT2D eigenvalue weighted by molar-refractivity contribution is 0.0758. The van der Waals surface area contributed by atoms with Crippen LogP contribution >= 0.6 is 0 Å². The molecule has 1 aromatic heterocycles. The summed E-state index contributed by atoms with van der Waals surface area (Å²) in [7, 11) is -3.60. The summed E-state index contributed by atoms with van der Waals surface area (Å²) in [5.41, 5.74) is 1.20. The highest BCUT2D eigenvalue weighted by atomic mass is 32.2. The molecule has 1 aliphatic carbocycles. The van der Waals surface area contributed by atoms with E-state index in [9.17, 15) is 13.2 Å². The molecule has 0 amide bonds. The zero-order valence-electron chi connectivity index (χ0n) is 14.8. The number of sulfonamides is 1. The minimum Gasteiger partial charge on any atom is -0.487 e. The molecule has 1 aliphatic heterocycles. The van der Waals surface area contributed by atoms with E-state index >= 15 is 0 Å². The Morgan fingerprint density at radius 3 is 2.37 bits per heavy atom. The Morgan fingerprint density at radius 2 is 1.81 bits per heavy atom. The zero-order valence-corrected chi connectivity index (χ0v) is 15.6. The van der Waals surface area contributed by atoms with Gasteiger partial charge in [-0.1, -0.05) is 0 Å². The van der Waals surface area contributed by atoms with Crippen molar-refractivity contribution in [3.05, 3.63) is 58.0 Å². The van der Waals surface area contributed by atoms with Gasteiger partial charge < -0.3 is 9.30 Å². The molecule has 0 bridgehead atoms. The van der Waals surface area contributed by atoms with Crippen LogP contribution in [0.1, 0.15) is 30.1 Å². The minimum atomic E-state index is -3.60. The molecule has 1 saturated carbocycles. The molecule has 0 atom stereocenters. The van der Waals surface area contributed by atoms with Gasteiger partial charge in [-0.25, -0.2) is 8.42 Å². The number of nitriles is 1. The average molecular weight is 385 g/mol. The van der Waals surface area contributed by atoms with Gasteiger partial charge in [0, 0.05) is 17.8 Å².